The molecule has 0 unspecified atom stereocenters. The zero-order valence-corrected chi connectivity index (χ0v) is 20.7. The van der Waals surface area contributed by atoms with Gasteiger partial charge >= 0.3 is 0 Å². The molecule has 4 saturated carbocycles. The van der Waals surface area contributed by atoms with Gasteiger partial charge in [0, 0.05) is 26.2 Å². The van der Waals surface area contributed by atoms with Crippen LogP contribution >= 0.6 is 0 Å². The van der Waals surface area contributed by atoms with Crippen LogP contribution < -0.4 is 0 Å². The molecule has 1 aliphatic heterocycles. The number of carbonyl (C=O) groups excluding carboxylic acids is 2. The summed E-state index contributed by atoms with van der Waals surface area (Å²) >= 11 is 0. The van der Waals surface area contributed by atoms with Crippen LogP contribution in [0.15, 0.2) is 51.8 Å². The number of piperazine rings is 1. The van der Waals surface area contributed by atoms with Gasteiger partial charge in [-0.3, -0.25) is 9.59 Å². The fourth-order valence-corrected chi connectivity index (χ4v) is 8.71. The molecule has 1 aromatic heterocycles. The second-order valence-corrected chi connectivity index (χ2v) is 13.1. The molecular weight excluding hydrogens is 464 g/mol. The van der Waals surface area contributed by atoms with Crippen LogP contribution in [-0.2, 0) is 20.4 Å². The van der Waals surface area contributed by atoms with Gasteiger partial charge in [0.05, 0.1) is 10.3 Å². The molecule has 1 aromatic carbocycles. The lowest BCUT2D eigenvalue weighted by molar-refractivity contribution is -0.159. The molecule has 1 saturated heterocycles. The van der Waals surface area contributed by atoms with Crippen molar-refractivity contribution in [3.8, 4) is 0 Å². The standard InChI is InChI=1S/C27H32N2O5S/c30-25(24-7-6-22(34-24)18-35(32,33)23-4-2-1-3-5-23)28-8-10-29(11-9-28)26(31)27-15-19-12-20(16-27)14-21(13-19)17-27/h1-7,19-21H,8-18H2. The SMILES string of the molecule is O=C(c1ccc(CS(=O)(=O)c2ccccc2)o1)N1CCN(C(=O)C23CC4CC(CC(C4)C2)C3)CC1. The van der Waals surface area contributed by atoms with E-state index >= 15 is 0 Å². The summed E-state index contributed by atoms with van der Waals surface area (Å²) in [5, 5.41) is 0. The summed E-state index contributed by atoms with van der Waals surface area (Å²) in [4.78, 5) is 30.5. The highest BCUT2D eigenvalue weighted by atomic mass is 32.2. The Labute approximate surface area is 206 Å². The molecule has 8 heteroatoms. The Hall–Kier alpha value is -2.61. The maximum Gasteiger partial charge on any atom is 0.289 e. The minimum Gasteiger partial charge on any atom is -0.455 e. The number of furan rings is 1. The number of hydrogen-bond acceptors (Lipinski definition) is 5. The van der Waals surface area contributed by atoms with E-state index in [1.807, 2.05) is 4.90 Å². The topological polar surface area (TPSA) is 87.9 Å². The molecule has 0 radical (unpaired) electrons. The Balaban J connectivity index is 1.07. The van der Waals surface area contributed by atoms with Gasteiger partial charge in [-0.15, -0.1) is 0 Å². The second-order valence-electron chi connectivity index (χ2n) is 11.1. The molecule has 5 aliphatic rings. The molecule has 4 bridgehead atoms. The number of rotatable bonds is 5. The minimum absolute atomic E-state index is 0.143. The van der Waals surface area contributed by atoms with Crippen LogP contribution in [0.2, 0.25) is 0 Å². The van der Waals surface area contributed by atoms with Crippen molar-refractivity contribution in [2.75, 3.05) is 26.2 Å². The van der Waals surface area contributed by atoms with Crippen LogP contribution in [0.25, 0.3) is 0 Å². The van der Waals surface area contributed by atoms with Gasteiger partial charge in [0.25, 0.3) is 5.91 Å². The third-order valence-electron chi connectivity index (χ3n) is 8.65. The third kappa shape index (κ3) is 4.20. The minimum atomic E-state index is -3.55. The Kier molecular flexibility index (Phi) is 5.55. The molecule has 0 atom stereocenters. The van der Waals surface area contributed by atoms with Crippen molar-refractivity contribution in [1.29, 1.82) is 0 Å². The Morgan fingerprint density at radius 2 is 1.40 bits per heavy atom. The average molecular weight is 497 g/mol. The number of sulfone groups is 1. The first-order chi connectivity index (χ1) is 16.8. The molecule has 2 aromatic rings. The first-order valence-electron chi connectivity index (χ1n) is 12.8. The van der Waals surface area contributed by atoms with Gasteiger partial charge in [-0.2, -0.15) is 0 Å². The van der Waals surface area contributed by atoms with Crippen molar-refractivity contribution in [1.82, 2.24) is 9.80 Å². The summed E-state index contributed by atoms with van der Waals surface area (Å²) in [5.74, 6) is 2.34. The third-order valence-corrected chi connectivity index (χ3v) is 10.3. The van der Waals surface area contributed by atoms with Gasteiger partial charge in [0.2, 0.25) is 5.91 Å². The van der Waals surface area contributed by atoms with Crippen molar-refractivity contribution in [2.45, 2.75) is 49.2 Å². The molecule has 7 rings (SSSR count). The quantitative estimate of drug-likeness (QED) is 0.629. The molecule has 7 nitrogen and oxygen atoms in total. The average Bonchev–Trinajstić information content (AvgIpc) is 3.31. The highest BCUT2D eigenvalue weighted by molar-refractivity contribution is 7.90. The van der Waals surface area contributed by atoms with Crippen molar-refractivity contribution in [2.24, 2.45) is 23.2 Å². The van der Waals surface area contributed by atoms with Crippen molar-refractivity contribution in [3.05, 3.63) is 54.0 Å². The summed E-state index contributed by atoms with van der Waals surface area (Å²) < 4.78 is 30.9. The van der Waals surface area contributed by atoms with Crippen LogP contribution in [0.1, 0.15) is 54.8 Å². The van der Waals surface area contributed by atoms with Gasteiger partial charge < -0.3 is 14.2 Å². The van der Waals surface area contributed by atoms with E-state index in [4.69, 9.17) is 4.42 Å². The van der Waals surface area contributed by atoms with Gasteiger partial charge in [0.15, 0.2) is 15.6 Å². The molecule has 0 N–H and O–H groups in total. The predicted octanol–water partition coefficient (Wildman–Crippen LogP) is 3.75. The van der Waals surface area contributed by atoms with Crippen LogP contribution in [0.4, 0.5) is 0 Å². The largest absolute Gasteiger partial charge is 0.455 e. The maximum absolute atomic E-state index is 13.6. The molecule has 2 amide bonds. The van der Waals surface area contributed by atoms with E-state index in [1.54, 1.807) is 47.4 Å². The zero-order valence-electron chi connectivity index (χ0n) is 19.9. The number of carbonyl (C=O) groups is 2. The number of benzene rings is 1. The summed E-state index contributed by atoms with van der Waals surface area (Å²) in [7, 11) is -3.55. The smallest absolute Gasteiger partial charge is 0.289 e. The van der Waals surface area contributed by atoms with Gasteiger partial charge in [-0.25, -0.2) is 8.42 Å². The van der Waals surface area contributed by atoms with Gasteiger partial charge in [-0.05, 0) is 80.5 Å². The van der Waals surface area contributed by atoms with E-state index in [0.29, 0.717) is 32.1 Å². The summed E-state index contributed by atoms with van der Waals surface area (Å²) in [6, 6.07) is 11.3. The predicted molar refractivity (Wildman–Crippen MR) is 129 cm³/mol. The van der Waals surface area contributed by atoms with E-state index in [0.717, 1.165) is 37.0 Å². The zero-order chi connectivity index (χ0) is 24.2. The molecule has 2 heterocycles. The van der Waals surface area contributed by atoms with Crippen LogP contribution in [0, 0.1) is 23.2 Å². The lowest BCUT2D eigenvalue weighted by Gasteiger charge is -2.57. The Morgan fingerprint density at radius 1 is 0.829 bits per heavy atom. The van der Waals surface area contributed by atoms with E-state index in [9.17, 15) is 18.0 Å². The Bertz CT molecular complexity index is 1190. The van der Waals surface area contributed by atoms with E-state index in [-0.39, 0.29) is 33.5 Å². The summed E-state index contributed by atoms with van der Waals surface area (Å²) in [5.41, 5.74) is -0.152. The van der Waals surface area contributed by atoms with Crippen molar-refractivity contribution in [3.63, 3.8) is 0 Å². The fraction of sp³-hybridized carbons (Fsp3) is 0.556. The molecule has 0 spiro atoms. The number of nitrogens with zero attached hydrogens (tertiary/aromatic N) is 2. The normalized spacial score (nSPS) is 30.0. The van der Waals surface area contributed by atoms with Crippen molar-refractivity contribution < 1.29 is 22.4 Å². The highest BCUT2D eigenvalue weighted by Crippen LogP contribution is 2.60. The molecule has 4 aliphatic carbocycles. The summed E-state index contributed by atoms with van der Waals surface area (Å²) in [6.45, 7) is 2.02. The molecular formula is C27H32N2O5S. The van der Waals surface area contributed by atoms with Gasteiger partial charge in [0.1, 0.15) is 11.5 Å². The fourth-order valence-electron chi connectivity index (χ4n) is 7.45. The first-order valence-corrected chi connectivity index (χ1v) is 14.4. The lowest BCUT2D eigenvalue weighted by Crippen LogP contribution is -2.58. The monoisotopic (exact) mass is 496 g/mol. The number of amides is 2. The lowest BCUT2D eigenvalue weighted by atomic mass is 9.49. The Morgan fingerprint density at radius 3 is 2.00 bits per heavy atom. The van der Waals surface area contributed by atoms with Gasteiger partial charge in [-0.1, -0.05) is 18.2 Å². The van der Waals surface area contributed by atoms with E-state index in [1.165, 1.54) is 19.3 Å². The maximum atomic E-state index is 13.6. The van der Waals surface area contributed by atoms with E-state index in [2.05, 4.69) is 0 Å². The molecule has 186 valence electrons. The van der Waals surface area contributed by atoms with Crippen LogP contribution in [0.3, 0.4) is 0 Å². The highest BCUT2D eigenvalue weighted by Gasteiger charge is 2.55. The van der Waals surface area contributed by atoms with Crippen molar-refractivity contribution >= 4 is 21.7 Å². The second kappa shape index (κ2) is 8.50. The van der Waals surface area contributed by atoms with Crippen LogP contribution in [-0.4, -0.2) is 56.2 Å². The van der Waals surface area contributed by atoms with E-state index < -0.39 is 9.84 Å². The number of hydrogen-bond donors (Lipinski definition) is 0. The first kappa shape index (κ1) is 22.8. The van der Waals surface area contributed by atoms with Crippen LogP contribution in [0.5, 0.6) is 0 Å². The molecule has 35 heavy (non-hydrogen) atoms. The summed E-state index contributed by atoms with van der Waals surface area (Å²) in [6.07, 6.45) is 7.10. The molecule has 5 fully saturated rings.